The maximum Gasteiger partial charge on any atom is 0.387 e. The van der Waals surface area contributed by atoms with Crippen molar-refractivity contribution < 1.29 is 13.5 Å². The molecule has 0 saturated carbocycles. The molecule has 0 aliphatic carbocycles. The highest BCUT2D eigenvalue weighted by atomic mass is 79.9. The highest BCUT2D eigenvalue weighted by Crippen LogP contribution is 2.27. The second-order valence-corrected chi connectivity index (χ2v) is 5.79. The fourth-order valence-electron chi connectivity index (χ4n) is 1.76. The topological polar surface area (TPSA) is 33.3 Å². The standard InChI is InChI=1S/C15H13BrF2N2OS/c1-9-2-7-13(21-14(17)18)12(8-9)20-15(22)19-11-5-3-10(16)4-6-11/h2-8,14H,1H3,(H2,19,20,22). The predicted molar refractivity (Wildman–Crippen MR) is 91.8 cm³/mol. The van der Waals surface area contributed by atoms with Crippen LogP contribution in [0.4, 0.5) is 20.2 Å². The summed E-state index contributed by atoms with van der Waals surface area (Å²) in [6, 6.07) is 12.3. The molecule has 0 aliphatic rings. The summed E-state index contributed by atoms with van der Waals surface area (Å²) < 4.78 is 30.3. The zero-order chi connectivity index (χ0) is 16.1. The molecule has 0 radical (unpaired) electrons. The van der Waals surface area contributed by atoms with Gasteiger partial charge in [-0.25, -0.2) is 0 Å². The lowest BCUT2D eigenvalue weighted by Gasteiger charge is -2.15. The third kappa shape index (κ3) is 4.92. The van der Waals surface area contributed by atoms with Crippen molar-refractivity contribution in [2.24, 2.45) is 0 Å². The molecule has 116 valence electrons. The normalized spacial score (nSPS) is 10.4. The Morgan fingerprint density at radius 1 is 1.14 bits per heavy atom. The molecule has 2 aromatic carbocycles. The number of halogens is 3. The summed E-state index contributed by atoms with van der Waals surface area (Å²) in [6.45, 7) is -1.04. The molecular formula is C15H13BrF2N2OS. The van der Waals surface area contributed by atoms with Crippen LogP contribution in [0.15, 0.2) is 46.9 Å². The Morgan fingerprint density at radius 3 is 2.45 bits per heavy atom. The van der Waals surface area contributed by atoms with E-state index in [9.17, 15) is 8.78 Å². The predicted octanol–water partition coefficient (Wildman–Crippen LogP) is 5.17. The van der Waals surface area contributed by atoms with Crippen LogP contribution in [-0.4, -0.2) is 11.7 Å². The van der Waals surface area contributed by atoms with Crippen LogP contribution in [-0.2, 0) is 0 Å². The molecular weight excluding hydrogens is 374 g/mol. The van der Waals surface area contributed by atoms with Crippen molar-refractivity contribution in [3.8, 4) is 5.75 Å². The summed E-state index contributed by atoms with van der Waals surface area (Å²) in [5.74, 6) is 0.0422. The summed E-state index contributed by atoms with van der Waals surface area (Å²) in [5.41, 5.74) is 2.06. The Labute approximate surface area is 140 Å². The van der Waals surface area contributed by atoms with Gasteiger partial charge in [-0.15, -0.1) is 0 Å². The van der Waals surface area contributed by atoms with Crippen LogP contribution < -0.4 is 15.4 Å². The first-order valence-corrected chi connectivity index (χ1v) is 7.53. The summed E-state index contributed by atoms with van der Waals surface area (Å²) in [6.07, 6.45) is 0. The Bertz CT molecular complexity index is 665. The molecule has 0 spiro atoms. The van der Waals surface area contributed by atoms with E-state index >= 15 is 0 Å². The van der Waals surface area contributed by atoms with Gasteiger partial charge in [0.1, 0.15) is 5.75 Å². The van der Waals surface area contributed by atoms with Gasteiger partial charge in [0.2, 0.25) is 0 Å². The zero-order valence-corrected chi connectivity index (χ0v) is 14.0. The first-order valence-electron chi connectivity index (χ1n) is 6.33. The molecule has 0 heterocycles. The number of anilines is 2. The van der Waals surface area contributed by atoms with Gasteiger partial charge >= 0.3 is 6.61 Å². The average molecular weight is 387 g/mol. The third-order valence-electron chi connectivity index (χ3n) is 2.70. The summed E-state index contributed by atoms with van der Waals surface area (Å²) in [7, 11) is 0. The lowest BCUT2D eigenvalue weighted by atomic mass is 10.2. The number of hydrogen-bond donors (Lipinski definition) is 2. The van der Waals surface area contributed by atoms with Crippen molar-refractivity contribution in [1.82, 2.24) is 0 Å². The SMILES string of the molecule is Cc1ccc(OC(F)F)c(NC(=S)Nc2ccc(Br)cc2)c1. The van der Waals surface area contributed by atoms with E-state index in [2.05, 4.69) is 31.3 Å². The van der Waals surface area contributed by atoms with E-state index in [0.29, 0.717) is 5.69 Å². The summed E-state index contributed by atoms with van der Waals surface area (Å²) in [4.78, 5) is 0. The third-order valence-corrected chi connectivity index (χ3v) is 3.43. The number of nitrogens with one attached hydrogen (secondary N) is 2. The molecule has 2 rings (SSSR count). The van der Waals surface area contributed by atoms with Gasteiger partial charge < -0.3 is 15.4 Å². The molecule has 22 heavy (non-hydrogen) atoms. The molecule has 0 amide bonds. The number of rotatable bonds is 4. The minimum atomic E-state index is -2.89. The first-order chi connectivity index (χ1) is 10.4. The van der Waals surface area contributed by atoms with E-state index in [1.165, 1.54) is 6.07 Å². The van der Waals surface area contributed by atoms with Gasteiger partial charge in [-0.1, -0.05) is 22.0 Å². The number of ether oxygens (including phenoxy) is 1. The van der Waals surface area contributed by atoms with Gasteiger partial charge in [0, 0.05) is 10.2 Å². The Balaban J connectivity index is 2.10. The summed E-state index contributed by atoms with van der Waals surface area (Å²) in [5, 5.41) is 6.13. The summed E-state index contributed by atoms with van der Waals surface area (Å²) >= 11 is 8.53. The minimum absolute atomic E-state index is 0.0422. The Morgan fingerprint density at radius 2 is 1.82 bits per heavy atom. The quantitative estimate of drug-likeness (QED) is 0.710. The van der Waals surface area contributed by atoms with Crippen molar-refractivity contribution in [2.75, 3.05) is 10.6 Å². The second kappa shape index (κ2) is 7.51. The molecule has 0 fully saturated rings. The molecule has 7 heteroatoms. The van der Waals surface area contributed by atoms with Crippen molar-refractivity contribution in [2.45, 2.75) is 13.5 Å². The lowest BCUT2D eigenvalue weighted by Crippen LogP contribution is -2.20. The Kier molecular flexibility index (Phi) is 5.68. The van der Waals surface area contributed by atoms with E-state index in [1.54, 1.807) is 12.1 Å². The van der Waals surface area contributed by atoms with Crippen molar-refractivity contribution in [3.63, 3.8) is 0 Å². The van der Waals surface area contributed by atoms with Crippen LogP contribution in [0, 0.1) is 6.92 Å². The molecule has 3 nitrogen and oxygen atoms in total. The van der Waals surface area contributed by atoms with Gasteiger partial charge in [-0.05, 0) is 61.1 Å². The van der Waals surface area contributed by atoms with E-state index < -0.39 is 6.61 Å². The molecule has 0 aromatic heterocycles. The van der Waals surface area contributed by atoms with E-state index in [0.717, 1.165) is 15.7 Å². The van der Waals surface area contributed by atoms with Crippen LogP contribution in [0.3, 0.4) is 0 Å². The van der Waals surface area contributed by atoms with Gasteiger partial charge in [0.25, 0.3) is 0 Å². The van der Waals surface area contributed by atoms with Crippen LogP contribution in [0.2, 0.25) is 0 Å². The van der Waals surface area contributed by atoms with Gasteiger partial charge in [-0.2, -0.15) is 8.78 Å². The monoisotopic (exact) mass is 386 g/mol. The Hall–Kier alpha value is -1.73. The van der Waals surface area contributed by atoms with Crippen molar-refractivity contribution in [1.29, 1.82) is 0 Å². The number of thiocarbonyl (C=S) groups is 1. The van der Waals surface area contributed by atoms with Crippen LogP contribution >= 0.6 is 28.1 Å². The molecule has 2 aromatic rings. The molecule has 0 bridgehead atoms. The number of benzene rings is 2. The highest BCUT2D eigenvalue weighted by molar-refractivity contribution is 9.10. The first kappa shape index (κ1) is 16.6. The van der Waals surface area contributed by atoms with Crippen LogP contribution in [0.5, 0.6) is 5.75 Å². The fraction of sp³-hybridized carbons (Fsp3) is 0.133. The number of aryl methyl sites for hydroxylation is 1. The van der Waals surface area contributed by atoms with E-state index in [1.807, 2.05) is 31.2 Å². The maximum absolute atomic E-state index is 12.4. The molecule has 0 aliphatic heterocycles. The molecule has 2 N–H and O–H groups in total. The number of alkyl halides is 2. The largest absolute Gasteiger partial charge is 0.433 e. The van der Waals surface area contributed by atoms with Gasteiger partial charge in [0.15, 0.2) is 5.11 Å². The molecule has 0 atom stereocenters. The smallest absolute Gasteiger partial charge is 0.387 e. The maximum atomic E-state index is 12.4. The second-order valence-electron chi connectivity index (χ2n) is 4.46. The molecule has 0 saturated heterocycles. The van der Waals surface area contributed by atoms with Crippen LogP contribution in [0.1, 0.15) is 5.56 Å². The molecule has 0 unspecified atom stereocenters. The van der Waals surface area contributed by atoms with E-state index in [-0.39, 0.29) is 10.9 Å². The highest BCUT2D eigenvalue weighted by Gasteiger charge is 2.11. The lowest BCUT2D eigenvalue weighted by molar-refractivity contribution is -0.0493. The van der Waals surface area contributed by atoms with Crippen molar-refractivity contribution >= 4 is 44.6 Å². The minimum Gasteiger partial charge on any atom is -0.433 e. The fourth-order valence-corrected chi connectivity index (χ4v) is 2.25. The van der Waals surface area contributed by atoms with E-state index in [4.69, 9.17) is 12.2 Å². The van der Waals surface area contributed by atoms with Crippen LogP contribution in [0.25, 0.3) is 0 Å². The van der Waals surface area contributed by atoms with Gasteiger partial charge in [0.05, 0.1) is 5.69 Å². The number of hydrogen-bond acceptors (Lipinski definition) is 2. The van der Waals surface area contributed by atoms with Gasteiger partial charge in [-0.3, -0.25) is 0 Å². The zero-order valence-electron chi connectivity index (χ0n) is 11.6. The average Bonchev–Trinajstić information content (AvgIpc) is 2.44. The van der Waals surface area contributed by atoms with Crippen molar-refractivity contribution in [3.05, 3.63) is 52.5 Å².